The van der Waals surface area contributed by atoms with E-state index in [1.165, 1.54) is 22.7 Å². The zero-order valence-electron chi connectivity index (χ0n) is 29.0. The third-order valence-corrected chi connectivity index (χ3v) is 11.2. The molecule has 4 saturated heterocycles. The molecule has 4 aliphatic rings. The number of piperidine rings is 1. The van der Waals surface area contributed by atoms with Gasteiger partial charge in [-0.2, -0.15) is 0 Å². The van der Waals surface area contributed by atoms with Crippen LogP contribution in [0.15, 0.2) is 18.2 Å². The molecule has 4 aliphatic heterocycles. The average molecular weight is 744 g/mol. The summed E-state index contributed by atoms with van der Waals surface area (Å²) in [6.07, 6.45) is 0.0112. The number of thioether (sulfide) groups is 1. The van der Waals surface area contributed by atoms with Gasteiger partial charge in [-0.05, 0) is 43.7 Å². The molecule has 9 atom stereocenters. The summed E-state index contributed by atoms with van der Waals surface area (Å²) in [6, 6.07) is 4.13. The van der Waals surface area contributed by atoms with Crippen molar-refractivity contribution in [1.82, 2.24) is 15.5 Å². The topological polar surface area (TPSA) is 153 Å². The molecule has 1 aromatic rings. The molecule has 0 aromatic heterocycles. The van der Waals surface area contributed by atoms with E-state index in [4.69, 9.17) is 25.8 Å². The third kappa shape index (κ3) is 9.72. The molecule has 4 N–H and O–H groups in total. The lowest BCUT2D eigenvalue weighted by atomic mass is 9.86. The van der Waals surface area contributed by atoms with Gasteiger partial charge < -0.3 is 44.9 Å². The number of nitrogens with zero attached hydrogens (tertiary/aromatic N) is 3. The number of hydrogen-bond acceptors (Lipinski definition) is 11. The van der Waals surface area contributed by atoms with Crippen molar-refractivity contribution in [2.45, 2.75) is 80.8 Å². The van der Waals surface area contributed by atoms with Gasteiger partial charge in [0, 0.05) is 45.6 Å². The molecule has 3 amide bonds. The predicted molar refractivity (Wildman–Crippen MR) is 189 cm³/mol. The lowest BCUT2D eigenvalue weighted by Gasteiger charge is -2.42. The van der Waals surface area contributed by atoms with Gasteiger partial charge in [0.2, 0.25) is 11.8 Å². The molecule has 4 heterocycles. The standard InChI is InChI=1S/C34H51ClFN5O8S/c1-4-21-13-22(32(45)38-30(20(2)35)28-15-27(42)31(44)33(49-28)50-3)18-39(17-21)8-7-29(43)37-16-24-19-41(34(46)48-24)23-5-6-26(25(36)14-23)40-9-11-47-12-10-40/h5-6,14,20-22,24,27-28,30-31,33,42,44H,4,7-13,15-19H2,1-3H3,(H,37,43)(H,38,45)/t20?,21?,22?,24-,27?,28?,30?,31-,33+/m0/s1. The first-order chi connectivity index (χ1) is 24.0. The van der Waals surface area contributed by atoms with Crippen LogP contribution in [-0.4, -0.2) is 140 Å². The molecule has 4 fully saturated rings. The molecular weight excluding hydrogens is 693 g/mol. The molecule has 1 aromatic carbocycles. The molecule has 50 heavy (non-hydrogen) atoms. The zero-order valence-corrected chi connectivity index (χ0v) is 30.5. The first kappa shape index (κ1) is 38.8. The summed E-state index contributed by atoms with van der Waals surface area (Å²) >= 11 is 7.81. The summed E-state index contributed by atoms with van der Waals surface area (Å²) < 4.78 is 31.8. The van der Waals surface area contributed by atoms with Crippen LogP contribution in [0.5, 0.6) is 0 Å². The summed E-state index contributed by atoms with van der Waals surface area (Å²) in [5, 5.41) is 26.1. The molecular formula is C34H51ClFN5O8S. The molecule has 16 heteroatoms. The number of anilines is 2. The predicted octanol–water partition coefficient (Wildman–Crippen LogP) is 2.15. The van der Waals surface area contributed by atoms with E-state index in [-0.39, 0.29) is 49.6 Å². The number of rotatable bonds is 13. The van der Waals surface area contributed by atoms with E-state index in [2.05, 4.69) is 22.5 Å². The van der Waals surface area contributed by atoms with E-state index in [1.54, 1.807) is 25.3 Å². The number of cyclic esters (lactones) is 1. The monoisotopic (exact) mass is 743 g/mol. The van der Waals surface area contributed by atoms with Crippen molar-refractivity contribution in [3.8, 4) is 0 Å². The number of amides is 3. The molecule has 0 spiro atoms. The van der Waals surface area contributed by atoms with Crippen molar-refractivity contribution in [3.05, 3.63) is 24.0 Å². The maximum atomic E-state index is 15.0. The van der Waals surface area contributed by atoms with Crippen LogP contribution in [0.4, 0.5) is 20.6 Å². The Balaban J connectivity index is 1.08. The van der Waals surface area contributed by atoms with Crippen molar-refractivity contribution >= 4 is 52.6 Å². The summed E-state index contributed by atoms with van der Waals surface area (Å²) in [5.74, 6) is -0.817. The number of hydrogen-bond donors (Lipinski definition) is 4. The molecule has 5 rings (SSSR count). The minimum Gasteiger partial charge on any atom is -0.442 e. The number of halogens is 2. The van der Waals surface area contributed by atoms with Crippen LogP contribution in [0.25, 0.3) is 0 Å². The van der Waals surface area contributed by atoms with E-state index in [0.717, 1.165) is 13.0 Å². The zero-order chi connectivity index (χ0) is 35.9. The Morgan fingerprint density at radius 1 is 1.16 bits per heavy atom. The number of morpholine rings is 1. The quantitative estimate of drug-likeness (QED) is 0.220. The second-order valence-electron chi connectivity index (χ2n) is 13.7. The smallest absolute Gasteiger partial charge is 0.414 e. The summed E-state index contributed by atoms with van der Waals surface area (Å²) in [4.78, 5) is 44.5. The maximum absolute atomic E-state index is 15.0. The van der Waals surface area contributed by atoms with E-state index in [0.29, 0.717) is 57.2 Å². The average Bonchev–Trinajstić information content (AvgIpc) is 3.49. The minimum atomic E-state index is -1.02. The highest BCUT2D eigenvalue weighted by atomic mass is 35.5. The van der Waals surface area contributed by atoms with Gasteiger partial charge in [-0.25, -0.2) is 9.18 Å². The Bertz CT molecular complexity index is 1330. The highest BCUT2D eigenvalue weighted by Gasteiger charge is 2.42. The van der Waals surface area contributed by atoms with E-state index >= 15 is 0 Å². The van der Waals surface area contributed by atoms with Crippen molar-refractivity contribution in [1.29, 1.82) is 0 Å². The maximum Gasteiger partial charge on any atom is 0.414 e. The molecule has 280 valence electrons. The number of ether oxygens (including phenoxy) is 3. The lowest BCUT2D eigenvalue weighted by Crippen LogP contribution is -2.58. The normalized spacial score (nSPS) is 30.5. The fraction of sp³-hybridized carbons (Fsp3) is 0.735. The van der Waals surface area contributed by atoms with Gasteiger partial charge >= 0.3 is 6.09 Å². The van der Waals surface area contributed by atoms with Crippen LogP contribution in [0.1, 0.15) is 39.5 Å². The Labute approximate surface area is 302 Å². The summed E-state index contributed by atoms with van der Waals surface area (Å²) in [7, 11) is 0. The van der Waals surface area contributed by atoms with Gasteiger partial charge in [0.15, 0.2) is 0 Å². The highest BCUT2D eigenvalue weighted by molar-refractivity contribution is 7.99. The number of alkyl halides is 1. The lowest BCUT2D eigenvalue weighted by molar-refractivity contribution is -0.149. The number of carbonyl (C=O) groups is 3. The van der Waals surface area contributed by atoms with Crippen LogP contribution in [0.3, 0.4) is 0 Å². The van der Waals surface area contributed by atoms with Gasteiger partial charge in [0.1, 0.15) is 23.5 Å². The van der Waals surface area contributed by atoms with Crippen molar-refractivity contribution in [2.24, 2.45) is 11.8 Å². The Kier molecular flexibility index (Phi) is 13.9. The van der Waals surface area contributed by atoms with Crippen molar-refractivity contribution in [2.75, 3.05) is 75.1 Å². The summed E-state index contributed by atoms with van der Waals surface area (Å²) in [5.41, 5.74) is 0.238. The van der Waals surface area contributed by atoms with Gasteiger partial charge in [0.05, 0.1) is 67.2 Å². The SMILES string of the molecule is CCC1CC(C(=O)NC(C(C)Cl)C2CC(O)[C@H](O)[C@@H](SC)O2)CN(CCC(=O)NC[C@H]2CN(c3ccc(N4CCOCC4)c(F)c3)C(=O)O2)C1. The van der Waals surface area contributed by atoms with Crippen LogP contribution in [-0.2, 0) is 23.8 Å². The minimum absolute atomic E-state index is 0.127. The second kappa shape index (κ2) is 17.9. The van der Waals surface area contributed by atoms with E-state index < -0.39 is 53.2 Å². The molecule has 6 unspecified atom stereocenters. The Morgan fingerprint density at radius 2 is 1.92 bits per heavy atom. The first-order valence-corrected chi connectivity index (χ1v) is 19.3. The largest absolute Gasteiger partial charge is 0.442 e. The van der Waals surface area contributed by atoms with Crippen LogP contribution >= 0.6 is 23.4 Å². The second-order valence-corrected chi connectivity index (χ2v) is 15.3. The van der Waals surface area contributed by atoms with E-state index in [1.807, 2.05) is 4.90 Å². The van der Waals surface area contributed by atoms with Gasteiger partial charge in [-0.1, -0.05) is 13.3 Å². The molecule has 0 bridgehead atoms. The highest BCUT2D eigenvalue weighted by Crippen LogP contribution is 2.32. The molecule has 0 aliphatic carbocycles. The van der Waals surface area contributed by atoms with Crippen LogP contribution in [0, 0.1) is 17.7 Å². The number of nitrogens with one attached hydrogen (secondary N) is 2. The molecule has 0 radical (unpaired) electrons. The number of aliphatic hydroxyl groups excluding tert-OH is 2. The molecule has 0 saturated carbocycles. The fourth-order valence-electron chi connectivity index (χ4n) is 7.19. The fourth-order valence-corrected chi connectivity index (χ4v) is 8.13. The van der Waals surface area contributed by atoms with Crippen molar-refractivity contribution in [3.63, 3.8) is 0 Å². The number of aliphatic hydroxyl groups is 2. The third-order valence-electron chi connectivity index (χ3n) is 10.1. The van der Waals surface area contributed by atoms with Gasteiger partial charge in [0.25, 0.3) is 0 Å². The van der Waals surface area contributed by atoms with Gasteiger partial charge in [-0.3, -0.25) is 14.5 Å². The van der Waals surface area contributed by atoms with Crippen molar-refractivity contribution < 1.29 is 43.2 Å². The molecule has 13 nitrogen and oxygen atoms in total. The van der Waals surface area contributed by atoms with Gasteiger partial charge in [-0.15, -0.1) is 23.4 Å². The van der Waals surface area contributed by atoms with Crippen LogP contribution < -0.4 is 20.4 Å². The number of benzene rings is 1. The first-order valence-electron chi connectivity index (χ1n) is 17.6. The number of likely N-dealkylation sites (tertiary alicyclic amines) is 1. The van der Waals surface area contributed by atoms with E-state index in [9.17, 15) is 29.0 Å². The summed E-state index contributed by atoms with van der Waals surface area (Å²) in [6.45, 7) is 8.14. The number of carbonyl (C=O) groups excluding carboxylic acids is 3. The van der Waals surface area contributed by atoms with Crippen LogP contribution in [0.2, 0.25) is 0 Å². The Morgan fingerprint density at radius 3 is 2.60 bits per heavy atom. The Hall–Kier alpha value is -2.40.